The normalized spacial score (nSPS) is 15.9. The lowest BCUT2D eigenvalue weighted by Crippen LogP contribution is -2.46. The second kappa shape index (κ2) is 7.27. The van der Waals surface area contributed by atoms with Gasteiger partial charge in [0.15, 0.2) is 0 Å². The lowest BCUT2D eigenvalue weighted by atomic mass is 10.1. The van der Waals surface area contributed by atoms with Crippen LogP contribution in [0.3, 0.4) is 0 Å². The van der Waals surface area contributed by atoms with Crippen molar-refractivity contribution in [1.82, 2.24) is 14.9 Å². The van der Waals surface area contributed by atoms with E-state index in [-0.39, 0.29) is 5.56 Å². The number of halogens is 3. The van der Waals surface area contributed by atoms with Gasteiger partial charge in [-0.15, -0.1) is 0 Å². The second-order valence-electron chi connectivity index (χ2n) is 6.84. The summed E-state index contributed by atoms with van der Waals surface area (Å²) in [6, 6.07) is 12.8. The zero-order chi connectivity index (χ0) is 19.7. The van der Waals surface area contributed by atoms with Gasteiger partial charge in [-0.2, -0.15) is 13.2 Å². The van der Waals surface area contributed by atoms with Crippen LogP contribution >= 0.6 is 0 Å². The molecule has 0 bridgehead atoms. The Hall–Kier alpha value is -2.87. The van der Waals surface area contributed by atoms with Crippen LogP contribution in [0.4, 0.5) is 18.9 Å². The molecule has 0 unspecified atom stereocenters. The number of nitrogens with zero attached hydrogens (tertiary/aromatic N) is 3. The van der Waals surface area contributed by atoms with Crippen molar-refractivity contribution in [1.29, 1.82) is 0 Å². The third kappa shape index (κ3) is 3.87. The number of alkyl halides is 3. The lowest BCUT2D eigenvalue weighted by molar-refractivity contribution is -0.137. The summed E-state index contributed by atoms with van der Waals surface area (Å²) in [4.78, 5) is 23.6. The molecule has 1 saturated heterocycles. The van der Waals surface area contributed by atoms with E-state index in [1.165, 1.54) is 12.1 Å². The summed E-state index contributed by atoms with van der Waals surface area (Å²) in [6.07, 6.45) is -4.35. The molecule has 1 N–H and O–H groups in total. The van der Waals surface area contributed by atoms with Gasteiger partial charge in [0.25, 0.3) is 5.56 Å². The number of piperazine rings is 1. The monoisotopic (exact) mass is 388 g/mol. The molecule has 1 aliphatic rings. The number of anilines is 1. The van der Waals surface area contributed by atoms with Crippen molar-refractivity contribution in [2.75, 3.05) is 31.1 Å². The Morgan fingerprint density at radius 2 is 1.75 bits per heavy atom. The Kier molecular flexibility index (Phi) is 4.80. The van der Waals surface area contributed by atoms with E-state index < -0.39 is 11.7 Å². The summed E-state index contributed by atoms with van der Waals surface area (Å²) in [7, 11) is 0. The van der Waals surface area contributed by atoms with Gasteiger partial charge in [0.2, 0.25) is 0 Å². The van der Waals surface area contributed by atoms with Crippen LogP contribution in [0.5, 0.6) is 0 Å². The van der Waals surface area contributed by atoms with Crippen molar-refractivity contribution >= 4 is 16.7 Å². The number of benzene rings is 2. The summed E-state index contributed by atoms with van der Waals surface area (Å²) < 4.78 is 38.8. The number of aromatic amines is 1. The fourth-order valence-corrected chi connectivity index (χ4v) is 3.43. The Morgan fingerprint density at radius 3 is 2.50 bits per heavy atom. The number of aromatic nitrogens is 2. The largest absolute Gasteiger partial charge is 0.416 e. The summed E-state index contributed by atoms with van der Waals surface area (Å²) in [5.41, 5.74) is 1.60. The minimum Gasteiger partial charge on any atom is -0.369 e. The van der Waals surface area contributed by atoms with Crippen molar-refractivity contribution in [3.63, 3.8) is 0 Å². The highest BCUT2D eigenvalue weighted by Gasteiger charge is 2.31. The molecular formula is C20H19F3N4O. The van der Waals surface area contributed by atoms with Crippen molar-refractivity contribution in [2.24, 2.45) is 0 Å². The van der Waals surface area contributed by atoms with Gasteiger partial charge >= 0.3 is 6.18 Å². The molecule has 0 spiro atoms. The van der Waals surface area contributed by atoms with Crippen LogP contribution in [0.1, 0.15) is 11.3 Å². The molecule has 28 heavy (non-hydrogen) atoms. The Balaban J connectivity index is 1.44. The van der Waals surface area contributed by atoms with Crippen LogP contribution in [-0.2, 0) is 12.7 Å². The van der Waals surface area contributed by atoms with E-state index in [2.05, 4.69) is 14.9 Å². The third-order valence-corrected chi connectivity index (χ3v) is 4.95. The zero-order valence-electron chi connectivity index (χ0n) is 15.0. The fraction of sp³-hybridized carbons (Fsp3) is 0.300. The van der Waals surface area contributed by atoms with E-state index >= 15 is 0 Å². The van der Waals surface area contributed by atoms with E-state index in [1.54, 1.807) is 12.1 Å². The molecule has 4 rings (SSSR count). The number of fused-ring (bicyclic) bond motifs is 1. The van der Waals surface area contributed by atoms with Gasteiger partial charge in [-0.25, -0.2) is 4.98 Å². The Bertz CT molecular complexity index is 1040. The molecule has 0 aliphatic carbocycles. The molecule has 0 saturated carbocycles. The highest BCUT2D eigenvalue weighted by Crippen LogP contribution is 2.31. The number of para-hydroxylation sites is 2. The molecule has 0 amide bonds. The fourth-order valence-electron chi connectivity index (χ4n) is 3.43. The number of hydrogen-bond donors (Lipinski definition) is 1. The predicted molar refractivity (Wildman–Crippen MR) is 101 cm³/mol. The quantitative estimate of drug-likeness (QED) is 0.748. The molecule has 146 valence electrons. The van der Waals surface area contributed by atoms with Gasteiger partial charge < -0.3 is 9.88 Å². The first-order chi connectivity index (χ1) is 13.4. The molecule has 2 aromatic carbocycles. The average Bonchev–Trinajstić information content (AvgIpc) is 2.69. The minimum absolute atomic E-state index is 0.209. The molecule has 1 fully saturated rings. The lowest BCUT2D eigenvalue weighted by Gasteiger charge is -2.36. The molecule has 2 heterocycles. The maximum absolute atomic E-state index is 12.9. The standard InChI is InChI=1S/C20H19F3N4O/c21-20(22,23)14-4-3-5-15(12-14)27-10-8-26(9-11-27)13-18-19(28)25-17-7-2-1-6-16(17)24-18/h1-7,12H,8-11,13H2,(H,25,28). The van der Waals surface area contributed by atoms with Gasteiger partial charge in [-0.1, -0.05) is 18.2 Å². The van der Waals surface area contributed by atoms with Gasteiger partial charge in [0.1, 0.15) is 5.69 Å². The molecular weight excluding hydrogens is 369 g/mol. The van der Waals surface area contributed by atoms with Crippen molar-refractivity contribution in [3.8, 4) is 0 Å². The van der Waals surface area contributed by atoms with E-state index in [1.807, 2.05) is 23.1 Å². The molecule has 8 heteroatoms. The highest BCUT2D eigenvalue weighted by molar-refractivity contribution is 5.73. The summed E-state index contributed by atoms with van der Waals surface area (Å²) in [6.45, 7) is 2.88. The van der Waals surface area contributed by atoms with E-state index in [0.29, 0.717) is 49.6 Å². The summed E-state index contributed by atoms with van der Waals surface area (Å²) in [5, 5.41) is 0. The molecule has 3 aromatic rings. The number of nitrogens with one attached hydrogen (secondary N) is 1. The molecule has 0 radical (unpaired) electrons. The first-order valence-corrected chi connectivity index (χ1v) is 9.03. The predicted octanol–water partition coefficient (Wildman–Crippen LogP) is 3.26. The van der Waals surface area contributed by atoms with E-state index in [9.17, 15) is 18.0 Å². The topological polar surface area (TPSA) is 52.2 Å². The second-order valence-corrected chi connectivity index (χ2v) is 6.84. The number of rotatable bonds is 3. The van der Waals surface area contributed by atoms with Crippen LogP contribution in [0.25, 0.3) is 11.0 Å². The van der Waals surface area contributed by atoms with Crippen LogP contribution in [0.2, 0.25) is 0 Å². The van der Waals surface area contributed by atoms with Crippen molar-refractivity contribution in [3.05, 3.63) is 70.1 Å². The maximum Gasteiger partial charge on any atom is 0.416 e. The maximum atomic E-state index is 12.9. The van der Waals surface area contributed by atoms with Crippen LogP contribution in [0, 0.1) is 0 Å². The molecule has 1 aromatic heterocycles. The first kappa shape index (κ1) is 18.5. The Morgan fingerprint density at radius 1 is 1.00 bits per heavy atom. The van der Waals surface area contributed by atoms with Crippen LogP contribution in [-0.4, -0.2) is 41.0 Å². The van der Waals surface area contributed by atoms with Crippen LogP contribution in [0.15, 0.2) is 53.3 Å². The smallest absolute Gasteiger partial charge is 0.369 e. The summed E-state index contributed by atoms with van der Waals surface area (Å²) >= 11 is 0. The molecule has 1 aliphatic heterocycles. The molecule has 0 atom stereocenters. The highest BCUT2D eigenvalue weighted by atomic mass is 19.4. The van der Waals surface area contributed by atoms with Crippen molar-refractivity contribution < 1.29 is 13.2 Å². The van der Waals surface area contributed by atoms with Crippen LogP contribution < -0.4 is 10.5 Å². The first-order valence-electron chi connectivity index (χ1n) is 9.03. The van der Waals surface area contributed by atoms with Gasteiger partial charge in [0, 0.05) is 38.4 Å². The van der Waals surface area contributed by atoms with Crippen molar-refractivity contribution in [2.45, 2.75) is 12.7 Å². The van der Waals surface area contributed by atoms with E-state index in [4.69, 9.17) is 0 Å². The zero-order valence-corrected chi connectivity index (χ0v) is 15.0. The number of H-pyrrole nitrogens is 1. The van der Waals surface area contributed by atoms with Gasteiger partial charge in [0.05, 0.1) is 16.6 Å². The minimum atomic E-state index is -4.35. The Labute approximate surface area is 159 Å². The van der Waals surface area contributed by atoms with Gasteiger partial charge in [-0.05, 0) is 30.3 Å². The van der Waals surface area contributed by atoms with Gasteiger partial charge in [-0.3, -0.25) is 9.69 Å². The average molecular weight is 388 g/mol. The number of hydrogen-bond acceptors (Lipinski definition) is 4. The summed E-state index contributed by atoms with van der Waals surface area (Å²) in [5.74, 6) is 0. The third-order valence-electron chi connectivity index (χ3n) is 4.95. The SMILES string of the molecule is O=c1[nH]c2ccccc2nc1CN1CCN(c2cccc(C(F)(F)F)c2)CC1. The van der Waals surface area contributed by atoms with E-state index in [0.717, 1.165) is 11.6 Å². The molecule has 5 nitrogen and oxygen atoms in total.